The molecule has 3 heteroatoms. The summed E-state index contributed by atoms with van der Waals surface area (Å²) in [5, 5.41) is 9.60. The first kappa shape index (κ1) is 23.7. The SMILES string of the molecule is CCCCCCCC1CCC(OCOC2CCC(C#N)(CCCC)CC2)CC1. The lowest BCUT2D eigenvalue weighted by atomic mass is 9.71. The monoisotopic (exact) mass is 391 g/mol. The second-order valence-corrected chi connectivity index (χ2v) is 9.49. The lowest BCUT2D eigenvalue weighted by Crippen LogP contribution is -2.31. The highest BCUT2D eigenvalue weighted by Gasteiger charge is 2.35. The topological polar surface area (TPSA) is 42.2 Å². The van der Waals surface area contributed by atoms with Gasteiger partial charge in [0, 0.05) is 0 Å². The van der Waals surface area contributed by atoms with Gasteiger partial charge in [0.2, 0.25) is 0 Å². The van der Waals surface area contributed by atoms with Crippen molar-refractivity contribution in [1.29, 1.82) is 5.26 Å². The van der Waals surface area contributed by atoms with Crippen LogP contribution in [0.2, 0.25) is 0 Å². The number of hydrogen-bond donors (Lipinski definition) is 0. The lowest BCUT2D eigenvalue weighted by molar-refractivity contribution is -0.137. The van der Waals surface area contributed by atoms with E-state index in [1.54, 1.807) is 0 Å². The van der Waals surface area contributed by atoms with Gasteiger partial charge in [-0.15, -0.1) is 0 Å². The van der Waals surface area contributed by atoms with Crippen LogP contribution < -0.4 is 0 Å². The van der Waals surface area contributed by atoms with Crippen molar-refractivity contribution < 1.29 is 9.47 Å². The summed E-state index contributed by atoms with van der Waals surface area (Å²) in [6, 6.07) is 2.62. The summed E-state index contributed by atoms with van der Waals surface area (Å²) in [5.41, 5.74) is -0.0777. The number of unbranched alkanes of at least 4 members (excludes halogenated alkanes) is 5. The Balaban J connectivity index is 1.51. The molecular formula is C25H45NO2. The number of ether oxygens (including phenoxy) is 2. The third-order valence-corrected chi connectivity index (χ3v) is 7.25. The Labute approximate surface area is 174 Å². The van der Waals surface area contributed by atoms with Crippen LogP contribution in [-0.4, -0.2) is 19.0 Å². The highest BCUT2D eigenvalue weighted by Crippen LogP contribution is 2.41. The number of nitriles is 1. The standard InChI is InChI=1S/C25H45NO2/c1-3-5-7-8-9-10-22-11-13-23(14-12-22)27-21-28-24-15-18-25(20-26,19-16-24)17-6-4-2/h22-24H,3-19,21H2,1-2H3. The molecule has 28 heavy (non-hydrogen) atoms. The Morgan fingerprint density at radius 1 is 0.786 bits per heavy atom. The first-order chi connectivity index (χ1) is 13.7. The van der Waals surface area contributed by atoms with E-state index in [9.17, 15) is 5.26 Å². The molecule has 2 saturated carbocycles. The van der Waals surface area contributed by atoms with Gasteiger partial charge in [-0.05, 0) is 63.7 Å². The molecule has 2 aliphatic carbocycles. The highest BCUT2D eigenvalue weighted by molar-refractivity contribution is 5.01. The lowest BCUT2D eigenvalue weighted by Gasteiger charge is -2.35. The predicted octanol–water partition coefficient (Wildman–Crippen LogP) is 7.54. The Kier molecular flexibility index (Phi) is 11.5. The second kappa shape index (κ2) is 13.6. The summed E-state index contributed by atoms with van der Waals surface area (Å²) in [6.07, 6.45) is 21.7. The van der Waals surface area contributed by atoms with Gasteiger partial charge in [0.05, 0.1) is 23.7 Å². The van der Waals surface area contributed by atoms with Crippen LogP contribution >= 0.6 is 0 Å². The molecular weight excluding hydrogens is 346 g/mol. The maximum atomic E-state index is 9.60. The summed E-state index contributed by atoms with van der Waals surface area (Å²) in [6.45, 7) is 4.94. The second-order valence-electron chi connectivity index (χ2n) is 9.49. The molecule has 0 amide bonds. The molecule has 0 aromatic carbocycles. The molecule has 3 nitrogen and oxygen atoms in total. The minimum atomic E-state index is -0.0777. The van der Waals surface area contributed by atoms with Gasteiger partial charge in [0.1, 0.15) is 6.79 Å². The van der Waals surface area contributed by atoms with Crippen LogP contribution in [0.3, 0.4) is 0 Å². The molecule has 0 atom stereocenters. The molecule has 2 aliphatic rings. The molecule has 0 N–H and O–H groups in total. The summed E-state index contributed by atoms with van der Waals surface area (Å²) in [4.78, 5) is 0. The first-order valence-electron chi connectivity index (χ1n) is 12.4. The Bertz CT molecular complexity index is 428. The van der Waals surface area contributed by atoms with Crippen molar-refractivity contribution in [3.05, 3.63) is 0 Å². The van der Waals surface area contributed by atoms with Crippen LogP contribution in [0.4, 0.5) is 0 Å². The van der Waals surface area contributed by atoms with Crippen LogP contribution in [0.5, 0.6) is 0 Å². The zero-order chi connectivity index (χ0) is 20.1. The zero-order valence-electron chi connectivity index (χ0n) is 18.7. The van der Waals surface area contributed by atoms with Gasteiger partial charge in [0.25, 0.3) is 0 Å². The Morgan fingerprint density at radius 3 is 2.00 bits per heavy atom. The van der Waals surface area contributed by atoms with Crippen LogP contribution in [0.15, 0.2) is 0 Å². The Morgan fingerprint density at radius 2 is 1.39 bits per heavy atom. The molecule has 0 aliphatic heterocycles. The average molecular weight is 392 g/mol. The molecule has 0 heterocycles. The van der Waals surface area contributed by atoms with Gasteiger partial charge in [-0.2, -0.15) is 5.26 Å². The number of nitrogens with zero attached hydrogens (tertiary/aromatic N) is 1. The molecule has 0 radical (unpaired) electrons. The minimum Gasteiger partial charge on any atom is -0.352 e. The molecule has 0 aromatic rings. The third kappa shape index (κ3) is 8.42. The number of rotatable bonds is 13. The van der Waals surface area contributed by atoms with E-state index < -0.39 is 0 Å². The van der Waals surface area contributed by atoms with Gasteiger partial charge in [0.15, 0.2) is 0 Å². The average Bonchev–Trinajstić information content (AvgIpc) is 2.74. The van der Waals surface area contributed by atoms with Crippen LogP contribution in [-0.2, 0) is 9.47 Å². The molecule has 162 valence electrons. The van der Waals surface area contributed by atoms with Gasteiger partial charge in [-0.25, -0.2) is 0 Å². The quantitative estimate of drug-likeness (QED) is 0.240. The van der Waals surface area contributed by atoms with E-state index in [4.69, 9.17) is 9.47 Å². The van der Waals surface area contributed by atoms with Crippen molar-refractivity contribution in [2.75, 3.05) is 6.79 Å². The van der Waals surface area contributed by atoms with Crippen molar-refractivity contribution >= 4 is 0 Å². The van der Waals surface area contributed by atoms with E-state index in [1.165, 1.54) is 77.0 Å². The summed E-state index contributed by atoms with van der Waals surface area (Å²) in [7, 11) is 0. The maximum Gasteiger partial charge on any atom is 0.147 e. The number of hydrogen-bond acceptors (Lipinski definition) is 3. The van der Waals surface area contributed by atoms with Crippen molar-refractivity contribution in [2.45, 2.75) is 135 Å². The Hall–Kier alpha value is -0.590. The van der Waals surface area contributed by atoms with E-state index in [1.807, 2.05) is 0 Å². The van der Waals surface area contributed by atoms with Crippen molar-refractivity contribution in [1.82, 2.24) is 0 Å². The van der Waals surface area contributed by atoms with Crippen molar-refractivity contribution in [3.63, 3.8) is 0 Å². The third-order valence-electron chi connectivity index (χ3n) is 7.25. The van der Waals surface area contributed by atoms with Gasteiger partial charge in [-0.3, -0.25) is 0 Å². The van der Waals surface area contributed by atoms with Crippen molar-refractivity contribution in [2.24, 2.45) is 11.3 Å². The van der Waals surface area contributed by atoms with E-state index >= 15 is 0 Å². The first-order valence-corrected chi connectivity index (χ1v) is 12.4. The van der Waals surface area contributed by atoms with E-state index in [0.29, 0.717) is 19.0 Å². The molecule has 2 rings (SSSR count). The zero-order valence-corrected chi connectivity index (χ0v) is 18.7. The molecule has 0 unspecified atom stereocenters. The van der Waals surface area contributed by atoms with Crippen LogP contribution in [0.25, 0.3) is 0 Å². The molecule has 0 spiro atoms. The maximum absolute atomic E-state index is 9.60. The van der Waals surface area contributed by atoms with Gasteiger partial charge < -0.3 is 9.47 Å². The van der Waals surface area contributed by atoms with Gasteiger partial charge in [-0.1, -0.05) is 65.2 Å². The van der Waals surface area contributed by atoms with Gasteiger partial charge >= 0.3 is 0 Å². The normalized spacial score (nSPS) is 30.8. The summed E-state index contributed by atoms with van der Waals surface area (Å²) < 4.78 is 12.1. The van der Waals surface area contributed by atoms with Crippen LogP contribution in [0, 0.1) is 22.7 Å². The molecule has 0 bridgehead atoms. The van der Waals surface area contributed by atoms with E-state index in [-0.39, 0.29) is 5.41 Å². The van der Waals surface area contributed by atoms with Crippen molar-refractivity contribution in [3.8, 4) is 6.07 Å². The highest BCUT2D eigenvalue weighted by atomic mass is 16.7. The summed E-state index contributed by atoms with van der Waals surface area (Å²) >= 11 is 0. The smallest absolute Gasteiger partial charge is 0.147 e. The molecule has 0 aromatic heterocycles. The fraction of sp³-hybridized carbons (Fsp3) is 0.960. The molecule has 0 saturated heterocycles. The largest absolute Gasteiger partial charge is 0.352 e. The van der Waals surface area contributed by atoms with E-state index in [0.717, 1.165) is 38.0 Å². The van der Waals surface area contributed by atoms with E-state index in [2.05, 4.69) is 19.9 Å². The fourth-order valence-electron chi connectivity index (χ4n) is 5.10. The molecule has 2 fully saturated rings. The van der Waals surface area contributed by atoms with Crippen LogP contribution in [0.1, 0.15) is 123 Å². The minimum absolute atomic E-state index is 0.0777. The predicted molar refractivity (Wildman–Crippen MR) is 116 cm³/mol. The summed E-state index contributed by atoms with van der Waals surface area (Å²) in [5.74, 6) is 0.933. The fourth-order valence-corrected chi connectivity index (χ4v) is 5.10.